The van der Waals surface area contributed by atoms with Crippen molar-refractivity contribution in [2.24, 2.45) is 0 Å². The minimum absolute atomic E-state index is 0.267. The summed E-state index contributed by atoms with van der Waals surface area (Å²) in [6, 6.07) is 7.79. The van der Waals surface area contributed by atoms with E-state index in [1.807, 2.05) is 43.0 Å². The van der Waals surface area contributed by atoms with E-state index in [1.165, 1.54) is 0 Å². The standard InChI is InChI=1S/C15H25NO2S/c1-5-17-13-8-6-7-9-14(13)18-11-10-16-12-15(2,3)19-4/h6-9,16H,5,10-12H2,1-4H3. The van der Waals surface area contributed by atoms with Gasteiger partial charge in [0.25, 0.3) is 0 Å². The quantitative estimate of drug-likeness (QED) is 0.705. The van der Waals surface area contributed by atoms with Gasteiger partial charge in [-0.15, -0.1) is 0 Å². The molecule has 1 aromatic carbocycles. The fourth-order valence-corrected chi connectivity index (χ4v) is 1.79. The number of thioether (sulfide) groups is 1. The molecule has 1 N–H and O–H groups in total. The van der Waals surface area contributed by atoms with Crippen molar-refractivity contribution in [3.05, 3.63) is 24.3 Å². The highest BCUT2D eigenvalue weighted by Gasteiger charge is 2.14. The average molecular weight is 283 g/mol. The highest BCUT2D eigenvalue weighted by molar-refractivity contribution is 7.99. The maximum Gasteiger partial charge on any atom is 0.161 e. The van der Waals surface area contributed by atoms with E-state index in [0.29, 0.717) is 13.2 Å². The van der Waals surface area contributed by atoms with Crippen LogP contribution in [0.4, 0.5) is 0 Å². The monoisotopic (exact) mass is 283 g/mol. The molecule has 0 saturated carbocycles. The number of benzene rings is 1. The van der Waals surface area contributed by atoms with Gasteiger partial charge in [0.15, 0.2) is 11.5 Å². The van der Waals surface area contributed by atoms with Crippen molar-refractivity contribution in [2.45, 2.75) is 25.5 Å². The molecule has 0 aliphatic heterocycles. The molecule has 0 unspecified atom stereocenters. The van der Waals surface area contributed by atoms with Gasteiger partial charge in [0.1, 0.15) is 6.61 Å². The summed E-state index contributed by atoms with van der Waals surface area (Å²) in [5.41, 5.74) is 0. The van der Waals surface area contributed by atoms with Crippen LogP contribution in [0.3, 0.4) is 0 Å². The third-order valence-electron chi connectivity index (χ3n) is 2.79. The molecule has 1 aromatic rings. The third-order valence-corrected chi connectivity index (χ3v) is 4.04. The molecule has 0 amide bonds. The molecule has 0 aliphatic rings. The van der Waals surface area contributed by atoms with Crippen LogP contribution in [0, 0.1) is 0 Å². The van der Waals surface area contributed by atoms with Gasteiger partial charge >= 0.3 is 0 Å². The largest absolute Gasteiger partial charge is 0.490 e. The van der Waals surface area contributed by atoms with Gasteiger partial charge in [-0.1, -0.05) is 12.1 Å². The van der Waals surface area contributed by atoms with Crippen LogP contribution in [0.15, 0.2) is 24.3 Å². The first kappa shape index (κ1) is 16.2. The zero-order valence-corrected chi connectivity index (χ0v) is 13.2. The molecule has 4 heteroatoms. The summed E-state index contributed by atoms with van der Waals surface area (Å²) >= 11 is 1.87. The van der Waals surface area contributed by atoms with Crippen LogP contribution in [-0.4, -0.2) is 37.3 Å². The second-order valence-corrected chi connectivity index (χ2v) is 6.38. The van der Waals surface area contributed by atoms with Crippen molar-refractivity contribution in [1.82, 2.24) is 5.32 Å². The SMILES string of the molecule is CCOc1ccccc1OCCNCC(C)(C)SC. The van der Waals surface area contributed by atoms with E-state index < -0.39 is 0 Å². The first-order valence-electron chi connectivity index (χ1n) is 6.69. The lowest BCUT2D eigenvalue weighted by molar-refractivity contribution is 0.275. The van der Waals surface area contributed by atoms with E-state index in [0.717, 1.165) is 24.6 Å². The first-order valence-corrected chi connectivity index (χ1v) is 7.92. The Balaban J connectivity index is 2.29. The van der Waals surface area contributed by atoms with Crippen LogP contribution in [0.1, 0.15) is 20.8 Å². The number of ether oxygens (including phenoxy) is 2. The molecule has 0 atom stereocenters. The Labute approximate surface area is 121 Å². The van der Waals surface area contributed by atoms with E-state index >= 15 is 0 Å². The molecule has 0 aliphatic carbocycles. The van der Waals surface area contributed by atoms with E-state index in [-0.39, 0.29) is 4.75 Å². The van der Waals surface area contributed by atoms with Gasteiger partial charge < -0.3 is 14.8 Å². The lowest BCUT2D eigenvalue weighted by atomic mass is 10.2. The molecule has 19 heavy (non-hydrogen) atoms. The fraction of sp³-hybridized carbons (Fsp3) is 0.600. The molecule has 0 fully saturated rings. The van der Waals surface area contributed by atoms with Crippen molar-refractivity contribution < 1.29 is 9.47 Å². The van der Waals surface area contributed by atoms with Gasteiger partial charge in [-0.25, -0.2) is 0 Å². The van der Waals surface area contributed by atoms with Gasteiger partial charge in [0.2, 0.25) is 0 Å². The zero-order chi connectivity index (χ0) is 14.1. The third kappa shape index (κ3) is 6.21. The van der Waals surface area contributed by atoms with Crippen LogP contribution in [0.2, 0.25) is 0 Å². The average Bonchev–Trinajstić information content (AvgIpc) is 2.40. The Bertz CT molecular complexity index is 369. The van der Waals surface area contributed by atoms with E-state index in [1.54, 1.807) is 0 Å². The number of nitrogens with one attached hydrogen (secondary N) is 1. The molecular weight excluding hydrogens is 258 g/mol. The van der Waals surface area contributed by atoms with Crippen LogP contribution < -0.4 is 14.8 Å². The van der Waals surface area contributed by atoms with Crippen LogP contribution in [0.5, 0.6) is 11.5 Å². The van der Waals surface area contributed by atoms with Crippen molar-refractivity contribution in [1.29, 1.82) is 0 Å². The summed E-state index contributed by atoms with van der Waals surface area (Å²) in [4.78, 5) is 0. The van der Waals surface area contributed by atoms with Gasteiger partial charge in [-0.3, -0.25) is 0 Å². The Morgan fingerprint density at radius 3 is 2.37 bits per heavy atom. The molecule has 3 nitrogen and oxygen atoms in total. The normalized spacial score (nSPS) is 11.4. The smallest absolute Gasteiger partial charge is 0.161 e. The number of rotatable bonds is 9. The van der Waals surface area contributed by atoms with E-state index in [9.17, 15) is 0 Å². The molecule has 0 aromatic heterocycles. The van der Waals surface area contributed by atoms with Crippen molar-refractivity contribution >= 4 is 11.8 Å². The van der Waals surface area contributed by atoms with Gasteiger partial charge in [-0.2, -0.15) is 11.8 Å². The number of hydrogen-bond donors (Lipinski definition) is 1. The van der Waals surface area contributed by atoms with Gasteiger partial charge in [0, 0.05) is 17.8 Å². The van der Waals surface area contributed by atoms with Crippen LogP contribution in [-0.2, 0) is 0 Å². The number of para-hydroxylation sites is 2. The van der Waals surface area contributed by atoms with Crippen molar-refractivity contribution in [2.75, 3.05) is 32.6 Å². The Hall–Kier alpha value is -0.870. The van der Waals surface area contributed by atoms with E-state index in [4.69, 9.17) is 9.47 Å². The Morgan fingerprint density at radius 1 is 1.16 bits per heavy atom. The summed E-state index contributed by atoms with van der Waals surface area (Å²) in [7, 11) is 0. The predicted octanol–water partition coefficient (Wildman–Crippen LogP) is 3.20. The fourth-order valence-electron chi connectivity index (χ4n) is 1.54. The van der Waals surface area contributed by atoms with Gasteiger partial charge in [0.05, 0.1) is 6.61 Å². The summed E-state index contributed by atoms with van der Waals surface area (Å²) in [6.45, 7) is 9.55. The minimum atomic E-state index is 0.267. The highest BCUT2D eigenvalue weighted by atomic mass is 32.2. The van der Waals surface area contributed by atoms with Crippen molar-refractivity contribution in [3.8, 4) is 11.5 Å². The van der Waals surface area contributed by atoms with Crippen LogP contribution >= 0.6 is 11.8 Å². The second kappa shape index (κ2) is 8.33. The summed E-state index contributed by atoms with van der Waals surface area (Å²) in [5, 5.41) is 3.41. The van der Waals surface area contributed by atoms with Crippen LogP contribution in [0.25, 0.3) is 0 Å². The summed E-state index contributed by atoms with van der Waals surface area (Å²) in [5.74, 6) is 1.63. The lowest BCUT2D eigenvalue weighted by Gasteiger charge is -2.22. The van der Waals surface area contributed by atoms with Crippen molar-refractivity contribution in [3.63, 3.8) is 0 Å². The second-order valence-electron chi connectivity index (χ2n) is 4.87. The first-order chi connectivity index (χ1) is 9.09. The molecule has 1 rings (SSSR count). The Kier molecular flexibility index (Phi) is 7.10. The maximum absolute atomic E-state index is 5.74. The minimum Gasteiger partial charge on any atom is -0.490 e. The molecule has 0 spiro atoms. The Morgan fingerprint density at radius 2 is 1.79 bits per heavy atom. The highest BCUT2D eigenvalue weighted by Crippen LogP contribution is 2.26. The molecule has 0 bridgehead atoms. The summed E-state index contributed by atoms with van der Waals surface area (Å²) < 4.78 is 11.5. The summed E-state index contributed by atoms with van der Waals surface area (Å²) in [6.07, 6.45) is 2.14. The molecule has 0 saturated heterocycles. The molecule has 0 heterocycles. The predicted molar refractivity (Wildman–Crippen MR) is 83.6 cm³/mol. The molecule has 108 valence electrons. The van der Waals surface area contributed by atoms with Gasteiger partial charge in [-0.05, 0) is 39.2 Å². The van der Waals surface area contributed by atoms with E-state index in [2.05, 4.69) is 25.4 Å². The topological polar surface area (TPSA) is 30.5 Å². The molecular formula is C15H25NO2S. The molecule has 0 radical (unpaired) electrons. The maximum atomic E-state index is 5.74. The number of hydrogen-bond acceptors (Lipinski definition) is 4. The zero-order valence-electron chi connectivity index (χ0n) is 12.4. The lowest BCUT2D eigenvalue weighted by Crippen LogP contribution is -2.34.